The number of amides is 1. The van der Waals surface area contributed by atoms with E-state index in [1.807, 2.05) is 30.3 Å². The van der Waals surface area contributed by atoms with E-state index < -0.39 is 23.6 Å². The highest BCUT2D eigenvalue weighted by atomic mass is 35.5. The lowest BCUT2D eigenvalue weighted by molar-refractivity contribution is -0.140. The molecule has 0 saturated carbocycles. The summed E-state index contributed by atoms with van der Waals surface area (Å²) in [5, 5.41) is 13.8. The number of anilines is 1. The van der Waals surface area contributed by atoms with E-state index in [4.69, 9.17) is 16.7 Å². The molecule has 0 aliphatic heterocycles. The molecule has 0 spiro atoms. The van der Waals surface area contributed by atoms with Gasteiger partial charge in [-0.05, 0) is 24.1 Å². The molecule has 0 bridgehead atoms. The van der Waals surface area contributed by atoms with Crippen LogP contribution < -0.4 is 5.32 Å². The molecular weight excluding hydrogens is 403 g/mol. The summed E-state index contributed by atoms with van der Waals surface area (Å²) in [5.41, 5.74) is 1.33. The molecule has 1 aromatic heterocycles. The number of nitrogens with one attached hydrogen (secondary N) is 1. The molecule has 0 radical (unpaired) electrons. The van der Waals surface area contributed by atoms with Gasteiger partial charge in [0.05, 0.1) is 28.6 Å². The zero-order valence-corrected chi connectivity index (χ0v) is 16.1. The number of rotatable bonds is 7. The second kappa shape index (κ2) is 8.95. The van der Waals surface area contributed by atoms with E-state index in [2.05, 4.69) is 10.3 Å². The highest BCUT2D eigenvalue weighted by Crippen LogP contribution is 2.32. The molecule has 2 aromatic carbocycles. The number of carbonyl (C=O) groups excluding carboxylic acids is 1. The van der Waals surface area contributed by atoms with Crippen LogP contribution >= 0.6 is 22.9 Å². The fourth-order valence-corrected chi connectivity index (χ4v) is 3.73. The third-order valence-electron chi connectivity index (χ3n) is 4.07. The Morgan fingerprint density at radius 1 is 1.18 bits per heavy atom. The third kappa shape index (κ3) is 4.94. The Morgan fingerprint density at radius 3 is 2.61 bits per heavy atom. The Hall–Kier alpha value is -2.77. The molecule has 0 saturated heterocycles. The van der Waals surface area contributed by atoms with Crippen LogP contribution in [0.15, 0.2) is 53.9 Å². The summed E-state index contributed by atoms with van der Waals surface area (Å²) in [5.74, 6) is -2.78. The lowest BCUT2D eigenvalue weighted by atomic mass is 9.95. The molecule has 1 unspecified atom stereocenters. The van der Waals surface area contributed by atoms with Crippen molar-refractivity contribution in [3.05, 3.63) is 70.3 Å². The Morgan fingerprint density at radius 2 is 1.93 bits per heavy atom. The minimum Gasteiger partial charge on any atom is -0.481 e. The number of benzene rings is 2. The van der Waals surface area contributed by atoms with Crippen LogP contribution in [0.25, 0.3) is 11.3 Å². The van der Waals surface area contributed by atoms with Crippen LogP contribution in [0, 0.1) is 11.7 Å². The molecule has 0 aliphatic rings. The second-order valence-corrected chi connectivity index (χ2v) is 7.37. The first-order valence-electron chi connectivity index (χ1n) is 8.40. The van der Waals surface area contributed by atoms with E-state index in [1.54, 1.807) is 11.4 Å². The monoisotopic (exact) mass is 418 g/mol. The van der Waals surface area contributed by atoms with Crippen LogP contribution in [-0.4, -0.2) is 22.0 Å². The molecule has 5 nitrogen and oxygen atoms in total. The van der Waals surface area contributed by atoms with Gasteiger partial charge in [-0.15, -0.1) is 11.3 Å². The van der Waals surface area contributed by atoms with Crippen molar-refractivity contribution in [1.82, 2.24) is 4.98 Å². The van der Waals surface area contributed by atoms with Crippen molar-refractivity contribution in [2.45, 2.75) is 12.8 Å². The highest BCUT2D eigenvalue weighted by Gasteiger charge is 2.23. The molecule has 8 heteroatoms. The lowest BCUT2D eigenvalue weighted by Crippen LogP contribution is -2.27. The predicted molar refractivity (Wildman–Crippen MR) is 107 cm³/mol. The normalized spacial score (nSPS) is 11.8. The van der Waals surface area contributed by atoms with Gasteiger partial charge in [0.1, 0.15) is 5.82 Å². The largest absolute Gasteiger partial charge is 0.481 e. The number of aromatic nitrogens is 1. The van der Waals surface area contributed by atoms with Gasteiger partial charge < -0.3 is 10.4 Å². The first-order valence-corrected chi connectivity index (χ1v) is 9.66. The number of halogens is 2. The Bertz CT molecular complexity index is 974. The second-order valence-electron chi connectivity index (χ2n) is 6.11. The maximum atomic E-state index is 14.0. The average Bonchev–Trinajstić information content (AvgIpc) is 3.09. The first kappa shape index (κ1) is 20.0. The molecule has 2 N–H and O–H groups in total. The van der Waals surface area contributed by atoms with E-state index in [1.165, 1.54) is 12.1 Å². The van der Waals surface area contributed by atoms with Crippen molar-refractivity contribution < 1.29 is 19.1 Å². The summed E-state index contributed by atoms with van der Waals surface area (Å²) >= 11 is 7.17. The van der Waals surface area contributed by atoms with Gasteiger partial charge in [0.25, 0.3) is 0 Å². The van der Waals surface area contributed by atoms with E-state index in [0.717, 1.165) is 16.9 Å². The van der Waals surface area contributed by atoms with Gasteiger partial charge in [-0.3, -0.25) is 9.59 Å². The van der Waals surface area contributed by atoms with Crippen molar-refractivity contribution in [3.63, 3.8) is 0 Å². The Labute approximate surface area is 169 Å². The third-order valence-corrected chi connectivity index (χ3v) is 5.14. The van der Waals surface area contributed by atoms with Gasteiger partial charge in [-0.1, -0.05) is 48.0 Å². The number of carboxylic acid groups (broad SMARTS) is 1. The predicted octanol–water partition coefficient (Wildman–Crippen LogP) is 4.87. The fourth-order valence-electron chi connectivity index (χ4n) is 2.76. The van der Waals surface area contributed by atoms with Crippen molar-refractivity contribution >= 4 is 39.9 Å². The van der Waals surface area contributed by atoms with Crippen LogP contribution in [0.1, 0.15) is 12.0 Å². The van der Waals surface area contributed by atoms with E-state index >= 15 is 0 Å². The van der Waals surface area contributed by atoms with E-state index in [-0.39, 0.29) is 28.6 Å². The number of hydrogen-bond acceptors (Lipinski definition) is 4. The maximum Gasteiger partial charge on any atom is 0.304 e. The van der Waals surface area contributed by atoms with Crippen molar-refractivity contribution in [2.24, 2.45) is 5.92 Å². The van der Waals surface area contributed by atoms with E-state index in [9.17, 15) is 14.0 Å². The minimum absolute atomic E-state index is 0.160. The number of thiazole rings is 1. The summed E-state index contributed by atoms with van der Waals surface area (Å²) in [6, 6.07) is 13.5. The maximum absolute atomic E-state index is 14.0. The average molecular weight is 419 g/mol. The highest BCUT2D eigenvalue weighted by molar-refractivity contribution is 7.14. The van der Waals surface area contributed by atoms with Gasteiger partial charge in [0.15, 0.2) is 5.13 Å². The molecule has 0 aliphatic carbocycles. The number of hydrogen-bond donors (Lipinski definition) is 2. The van der Waals surface area contributed by atoms with Crippen molar-refractivity contribution in [3.8, 4) is 11.3 Å². The topological polar surface area (TPSA) is 79.3 Å². The van der Waals surface area contributed by atoms with Gasteiger partial charge in [0, 0.05) is 5.38 Å². The number of carbonyl (C=O) groups is 2. The zero-order valence-electron chi connectivity index (χ0n) is 14.6. The zero-order chi connectivity index (χ0) is 20.1. The molecule has 0 fully saturated rings. The number of aliphatic carboxylic acids is 1. The summed E-state index contributed by atoms with van der Waals surface area (Å²) in [6.45, 7) is 0. The number of carboxylic acids is 1. The van der Waals surface area contributed by atoms with Gasteiger partial charge in [-0.25, -0.2) is 9.37 Å². The summed E-state index contributed by atoms with van der Waals surface area (Å²) in [6.07, 6.45) is -0.0194. The van der Waals surface area contributed by atoms with Crippen LogP contribution in [0.5, 0.6) is 0 Å². The van der Waals surface area contributed by atoms with Gasteiger partial charge in [-0.2, -0.15) is 0 Å². The molecule has 1 atom stereocenters. The lowest BCUT2D eigenvalue weighted by Gasteiger charge is -2.14. The smallest absolute Gasteiger partial charge is 0.304 e. The SMILES string of the molecule is O=C(O)CC(Cc1ccccc1)C(=O)Nc1nc(-c2c(F)cccc2Cl)cs1. The van der Waals surface area contributed by atoms with Crippen LogP contribution in [0.3, 0.4) is 0 Å². The number of nitrogens with zero attached hydrogens (tertiary/aromatic N) is 1. The molecule has 3 aromatic rings. The Kier molecular flexibility index (Phi) is 6.38. The first-order chi connectivity index (χ1) is 13.4. The summed E-state index contributed by atoms with van der Waals surface area (Å²) in [4.78, 5) is 28.0. The quantitative estimate of drug-likeness (QED) is 0.573. The molecule has 1 amide bonds. The molecule has 1 heterocycles. The molecular formula is C20H16ClFN2O3S. The van der Waals surface area contributed by atoms with Gasteiger partial charge >= 0.3 is 5.97 Å². The summed E-state index contributed by atoms with van der Waals surface area (Å²) < 4.78 is 14.0. The fraction of sp³-hybridized carbons (Fsp3) is 0.150. The standard InChI is InChI=1S/C20H16ClFN2O3S/c21-14-7-4-8-15(22)18(14)16-11-28-20(23-16)24-19(27)13(10-17(25)26)9-12-5-2-1-3-6-12/h1-8,11,13H,9-10H2,(H,25,26)(H,23,24,27). The van der Waals surface area contributed by atoms with Crippen LogP contribution in [-0.2, 0) is 16.0 Å². The van der Waals surface area contributed by atoms with Crippen molar-refractivity contribution in [1.29, 1.82) is 0 Å². The Balaban J connectivity index is 1.77. The van der Waals surface area contributed by atoms with Gasteiger partial charge in [0.2, 0.25) is 5.91 Å². The molecule has 28 heavy (non-hydrogen) atoms. The van der Waals surface area contributed by atoms with Crippen LogP contribution in [0.4, 0.5) is 9.52 Å². The molecule has 3 rings (SSSR count). The summed E-state index contributed by atoms with van der Waals surface area (Å²) in [7, 11) is 0. The van der Waals surface area contributed by atoms with Crippen molar-refractivity contribution in [2.75, 3.05) is 5.32 Å². The van der Waals surface area contributed by atoms with Crippen LogP contribution in [0.2, 0.25) is 5.02 Å². The molecule has 144 valence electrons. The minimum atomic E-state index is -1.06. The van der Waals surface area contributed by atoms with E-state index in [0.29, 0.717) is 5.69 Å².